The third-order valence-electron chi connectivity index (χ3n) is 3.25. The number of ketones is 1. The summed E-state index contributed by atoms with van der Waals surface area (Å²) in [7, 11) is 0. The number of hydrogen-bond donors (Lipinski definition) is 0. The van der Waals surface area contributed by atoms with Crippen LogP contribution < -0.4 is 0 Å². The van der Waals surface area contributed by atoms with Gasteiger partial charge >= 0.3 is 5.97 Å². The van der Waals surface area contributed by atoms with Crippen molar-refractivity contribution in [2.24, 2.45) is 0 Å². The lowest BCUT2D eigenvalue weighted by atomic mass is 10.1. The molecule has 1 aromatic heterocycles. The average molecular weight is 318 g/mol. The van der Waals surface area contributed by atoms with Crippen molar-refractivity contribution in [1.29, 1.82) is 0 Å². The first-order valence-electron chi connectivity index (χ1n) is 6.73. The molecular formula is C15H12ClN3O3. The van der Waals surface area contributed by atoms with E-state index < -0.39 is 5.97 Å². The summed E-state index contributed by atoms with van der Waals surface area (Å²) in [6.45, 7) is 0. The zero-order valence-corrected chi connectivity index (χ0v) is 12.3. The molecule has 0 bridgehead atoms. The molecule has 0 radical (unpaired) electrons. The van der Waals surface area contributed by atoms with Gasteiger partial charge in [0.15, 0.2) is 5.78 Å². The summed E-state index contributed by atoms with van der Waals surface area (Å²) in [5.74, 6) is -0.213. The lowest BCUT2D eigenvalue weighted by Gasteiger charge is -2.13. The van der Waals surface area contributed by atoms with Crippen LogP contribution in [0.3, 0.4) is 0 Å². The molecule has 112 valence electrons. The Kier molecular flexibility index (Phi) is 4.02. The molecule has 0 fully saturated rings. The van der Waals surface area contributed by atoms with Crippen LogP contribution in [0.4, 0.5) is 0 Å². The molecule has 0 spiro atoms. The van der Waals surface area contributed by atoms with Crippen molar-refractivity contribution in [1.82, 2.24) is 14.8 Å². The van der Waals surface area contributed by atoms with E-state index >= 15 is 0 Å². The average Bonchev–Trinajstić information content (AvgIpc) is 3.01. The molecule has 0 saturated heterocycles. The summed E-state index contributed by atoms with van der Waals surface area (Å²) in [4.78, 5) is 27.3. The van der Waals surface area contributed by atoms with Gasteiger partial charge in [0, 0.05) is 18.9 Å². The van der Waals surface area contributed by atoms with Crippen LogP contribution in [0.15, 0.2) is 42.7 Å². The number of ether oxygens (including phenoxy) is 1. The molecule has 1 aromatic carbocycles. The number of esters is 1. The number of allylic oxidation sites excluding steroid dienone is 2. The summed E-state index contributed by atoms with van der Waals surface area (Å²) in [6, 6.07) is 4.86. The molecule has 0 unspecified atom stereocenters. The van der Waals surface area contributed by atoms with E-state index in [9.17, 15) is 9.59 Å². The summed E-state index contributed by atoms with van der Waals surface area (Å²) in [5.41, 5.74) is 0.926. The van der Waals surface area contributed by atoms with Crippen molar-refractivity contribution in [3.63, 3.8) is 0 Å². The maximum Gasteiger partial charge on any atom is 0.344 e. The Hall–Kier alpha value is -2.47. The maximum absolute atomic E-state index is 12.1. The minimum atomic E-state index is -0.573. The molecular weight excluding hydrogens is 306 g/mol. The Labute approximate surface area is 131 Å². The van der Waals surface area contributed by atoms with Crippen LogP contribution in [0.1, 0.15) is 29.6 Å². The van der Waals surface area contributed by atoms with Crippen molar-refractivity contribution < 1.29 is 14.3 Å². The van der Waals surface area contributed by atoms with E-state index in [1.807, 2.05) is 0 Å². The number of halogens is 1. The first kappa shape index (κ1) is 14.5. The highest BCUT2D eigenvalue weighted by molar-refractivity contribution is 6.33. The molecule has 6 nitrogen and oxygen atoms in total. The molecule has 0 amide bonds. The summed E-state index contributed by atoms with van der Waals surface area (Å²) in [5, 5.41) is 4.24. The van der Waals surface area contributed by atoms with Gasteiger partial charge in [-0.1, -0.05) is 11.6 Å². The van der Waals surface area contributed by atoms with Gasteiger partial charge < -0.3 is 4.74 Å². The molecule has 1 aliphatic carbocycles. The lowest BCUT2D eigenvalue weighted by molar-refractivity contribution is -0.115. The quantitative estimate of drug-likeness (QED) is 0.814. The van der Waals surface area contributed by atoms with Gasteiger partial charge in [-0.2, -0.15) is 5.10 Å². The van der Waals surface area contributed by atoms with Crippen molar-refractivity contribution in [2.75, 3.05) is 0 Å². The highest BCUT2D eigenvalue weighted by Crippen LogP contribution is 2.23. The topological polar surface area (TPSA) is 74.1 Å². The molecule has 2 aromatic rings. The van der Waals surface area contributed by atoms with Crippen molar-refractivity contribution in [3.05, 3.63) is 53.3 Å². The predicted octanol–water partition coefficient (Wildman–Crippen LogP) is 2.71. The molecule has 0 atom stereocenters. The summed E-state index contributed by atoms with van der Waals surface area (Å²) < 4.78 is 6.77. The highest BCUT2D eigenvalue weighted by atomic mass is 35.5. The van der Waals surface area contributed by atoms with E-state index in [1.54, 1.807) is 18.2 Å². The van der Waals surface area contributed by atoms with Gasteiger partial charge in [-0.3, -0.25) is 4.79 Å². The number of rotatable bonds is 3. The zero-order chi connectivity index (χ0) is 15.5. The van der Waals surface area contributed by atoms with Gasteiger partial charge in [-0.15, -0.1) is 0 Å². The second-order valence-corrected chi connectivity index (χ2v) is 5.23. The molecule has 0 aliphatic heterocycles. The monoisotopic (exact) mass is 317 g/mol. The van der Waals surface area contributed by atoms with E-state index in [0.29, 0.717) is 30.7 Å². The third-order valence-corrected chi connectivity index (χ3v) is 3.56. The first-order chi connectivity index (χ1) is 10.6. The number of hydrogen-bond acceptors (Lipinski definition) is 5. The highest BCUT2D eigenvalue weighted by Gasteiger charge is 2.18. The van der Waals surface area contributed by atoms with Crippen molar-refractivity contribution in [2.45, 2.75) is 19.3 Å². The SMILES string of the molecule is O=C1C=C(OC(=O)c2ccc(-n3cncn3)cc2Cl)CCC1. The van der Waals surface area contributed by atoms with E-state index in [1.165, 1.54) is 23.4 Å². The van der Waals surface area contributed by atoms with E-state index in [4.69, 9.17) is 16.3 Å². The minimum Gasteiger partial charge on any atom is -0.427 e. The number of aromatic nitrogens is 3. The Morgan fingerprint density at radius 1 is 1.32 bits per heavy atom. The Morgan fingerprint density at radius 3 is 2.86 bits per heavy atom. The fourth-order valence-electron chi connectivity index (χ4n) is 2.17. The maximum atomic E-state index is 12.1. The van der Waals surface area contributed by atoms with Crippen LogP contribution >= 0.6 is 11.6 Å². The summed E-state index contributed by atoms with van der Waals surface area (Å²) in [6.07, 6.45) is 6.07. The van der Waals surface area contributed by atoms with Crippen LogP contribution in [-0.4, -0.2) is 26.5 Å². The van der Waals surface area contributed by atoms with E-state index in [-0.39, 0.29) is 16.4 Å². The number of carbonyl (C=O) groups excluding carboxylic acids is 2. The molecule has 1 aliphatic rings. The molecule has 3 rings (SSSR count). The van der Waals surface area contributed by atoms with Crippen molar-refractivity contribution in [3.8, 4) is 5.69 Å². The molecule has 7 heteroatoms. The number of benzene rings is 1. The van der Waals surface area contributed by atoms with Crippen LogP contribution in [0, 0.1) is 0 Å². The fourth-order valence-corrected chi connectivity index (χ4v) is 2.42. The summed E-state index contributed by atoms with van der Waals surface area (Å²) >= 11 is 6.14. The molecule has 0 saturated carbocycles. The molecule has 22 heavy (non-hydrogen) atoms. The van der Waals surface area contributed by atoms with E-state index in [2.05, 4.69) is 10.1 Å². The van der Waals surface area contributed by atoms with Gasteiger partial charge in [0.25, 0.3) is 0 Å². The Bertz CT molecular complexity index is 753. The van der Waals surface area contributed by atoms with E-state index in [0.717, 1.165) is 0 Å². The normalized spacial score (nSPS) is 14.6. The van der Waals surface area contributed by atoms with Crippen LogP contribution in [0.2, 0.25) is 5.02 Å². The minimum absolute atomic E-state index is 0.0262. The Balaban J connectivity index is 1.80. The van der Waals surface area contributed by atoms with Gasteiger partial charge in [-0.25, -0.2) is 14.5 Å². The van der Waals surface area contributed by atoms with Gasteiger partial charge in [0.2, 0.25) is 0 Å². The molecule has 0 N–H and O–H groups in total. The van der Waals surface area contributed by atoms with Gasteiger partial charge in [0.1, 0.15) is 18.4 Å². The van der Waals surface area contributed by atoms with Gasteiger partial charge in [0.05, 0.1) is 16.3 Å². The first-order valence-corrected chi connectivity index (χ1v) is 7.11. The second kappa shape index (κ2) is 6.11. The smallest absolute Gasteiger partial charge is 0.344 e. The van der Waals surface area contributed by atoms with Crippen molar-refractivity contribution >= 4 is 23.4 Å². The fraction of sp³-hybridized carbons (Fsp3) is 0.200. The third kappa shape index (κ3) is 3.07. The number of nitrogens with zero attached hydrogens (tertiary/aromatic N) is 3. The van der Waals surface area contributed by atoms with Crippen LogP contribution in [0.25, 0.3) is 5.69 Å². The lowest BCUT2D eigenvalue weighted by Crippen LogP contribution is -2.11. The predicted molar refractivity (Wildman–Crippen MR) is 78.7 cm³/mol. The van der Waals surface area contributed by atoms with Crippen LogP contribution in [-0.2, 0) is 9.53 Å². The largest absolute Gasteiger partial charge is 0.427 e. The van der Waals surface area contributed by atoms with Crippen LogP contribution in [0.5, 0.6) is 0 Å². The Morgan fingerprint density at radius 2 is 2.18 bits per heavy atom. The standard InChI is InChI=1S/C15H12ClN3O3/c16-14-6-10(19-9-17-8-18-19)4-5-13(14)15(21)22-12-3-1-2-11(20)7-12/h4-9H,1-3H2. The van der Waals surface area contributed by atoms with Gasteiger partial charge in [-0.05, 0) is 24.6 Å². The number of carbonyl (C=O) groups is 2. The molecule has 1 heterocycles. The second-order valence-electron chi connectivity index (χ2n) is 4.82. The zero-order valence-electron chi connectivity index (χ0n) is 11.5.